The molecular weight excluding hydrogens is 320 g/mol. The maximum absolute atomic E-state index is 11.6. The second-order valence-corrected chi connectivity index (χ2v) is 7.50. The number of hydrogen-bond donors (Lipinski definition) is 0. The van der Waals surface area contributed by atoms with E-state index in [4.69, 9.17) is 0 Å². The summed E-state index contributed by atoms with van der Waals surface area (Å²) in [5.41, 5.74) is 3.47. The Kier molecular flexibility index (Phi) is 6.59. The van der Waals surface area contributed by atoms with Crippen molar-refractivity contribution in [3.8, 4) is 0 Å². The molecule has 3 heteroatoms. The van der Waals surface area contributed by atoms with Gasteiger partial charge in [-0.25, -0.2) is 0 Å². The summed E-state index contributed by atoms with van der Waals surface area (Å²) < 4.78 is 0. The van der Waals surface area contributed by atoms with E-state index >= 15 is 0 Å². The van der Waals surface area contributed by atoms with E-state index in [-0.39, 0.29) is 5.78 Å². The van der Waals surface area contributed by atoms with Crippen LogP contribution in [0.25, 0.3) is 0 Å². The molecule has 2 aromatic rings. The number of nitrogens with zero attached hydrogens (tertiary/aromatic N) is 2. The van der Waals surface area contributed by atoms with Crippen molar-refractivity contribution in [2.45, 2.75) is 38.8 Å². The molecule has 3 rings (SSSR count). The number of hydrogen-bond acceptors (Lipinski definition) is 3. The van der Waals surface area contributed by atoms with Crippen LogP contribution in [0.3, 0.4) is 0 Å². The molecule has 1 aliphatic rings. The van der Waals surface area contributed by atoms with Crippen molar-refractivity contribution >= 4 is 5.78 Å². The first-order valence-corrected chi connectivity index (χ1v) is 9.68. The SMILES string of the molecule is CC(=O)c1cccc(CN2CCCC(N(C)CCc3ccccc3)C2)c1. The fourth-order valence-electron chi connectivity index (χ4n) is 3.81. The lowest BCUT2D eigenvalue weighted by atomic mass is 10.0. The number of likely N-dealkylation sites (N-methyl/N-ethyl adjacent to an activating group) is 1. The van der Waals surface area contributed by atoms with Gasteiger partial charge in [-0.3, -0.25) is 9.69 Å². The van der Waals surface area contributed by atoms with Crippen LogP contribution in [0.5, 0.6) is 0 Å². The molecule has 0 N–H and O–H groups in total. The van der Waals surface area contributed by atoms with Gasteiger partial charge in [0.25, 0.3) is 0 Å². The zero-order chi connectivity index (χ0) is 18.4. The van der Waals surface area contributed by atoms with Crippen molar-refractivity contribution in [2.75, 3.05) is 26.7 Å². The van der Waals surface area contributed by atoms with E-state index < -0.39 is 0 Å². The standard InChI is InChI=1S/C23H30N2O/c1-19(26)22-11-6-10-21(16-22)17-25-14-7-12-23(18-25)24(2)15-13-20-8-4-3-5-9-20/h3-6,8-11,16,23H,7,12-15,17-18H2,1-2H3. The van der Waals surface area contributed by atoms with Gasteiger partial charge in [0.1, 0.15) is 0 Å². The van der Waals surface area contributed by atoms with Crippen LogP contribution in [-0.4, -0.2) is 48.3 Å². The van der Waals surface area contributed by atoms with Crippen LogP contribution in [0.1, 0.15) is 41.3 Å². The Labute approximate surface area is 157 Å². The average molecular weight is 351 g/mol. The van der Waals surface area contributed by atoms with E-state index in [0.29, 0.717) is 6.04 Å². The van der Waals surface area contributed by atoms with Crippen molar-refractivity contribution in [1.82, 2.24) is 9.80 Å². The number of likely N-dealkylation sites (tertiary alicyclic amines) is 1. The molecular formula is C23H30N2O. The predicted molar refractivity (Wildman–Crippen MR) is 108 cm³/mol. The molecule has 1 aliphatic heterocycles. The van der Waals surface area contributed by atoms with E-state index in [2.05, 4.69) is 53.2 Å². The first kappa shape index (κ1) is 18.8. The van der Waals surface area contributed by atoms with Gasteiger partial charge in [-0.05, 0) is 57.0 Å². The maximum atomic E-state index is 11.6. The van der Waals surface area contributed by atoms with Crippen LogP contribution in [0.15, 0.2) is 54.6 Å². The predicted octanol–water partition coefficient (Wildman–Crippen LogP) is 4.03. The summed E-state index contributed by atoms with van der Waals surface area (Å²) in [7, 11) is 2.26. The van der Waals surface area contributed by atoms with E-state index in [9.17, 15) is 4.79 Å². The highest BCUT2D eigenvalue weighted by Crippen LogP contribution is 2.18. The third kappa shape index (κ3) is 5.26. The molecule has 0 amide bonds. The molecule has 0 bridgehead atoms. The van der Waals surface area contributed by atoms with Gasteiger partial charge in [-0.1, -0.05) is 48.5 Å². The van der Waals surface area contributed by atoms with Gasteiger partial charge in [-0.15, -0.1) is 0 Å². The van der Waals surface area contributed by atoms with Crippen molar-refractivity contribution < 1.29 is 4.79 Å². The molecule has 0 aromatic heterocycles. The molecule has 3 nitrogen and oxygen atoms in total. The van der Waals surface area contributed by atoms with Gasteiger partial charge in [0.05, 0.1) is 0 Å². The zero-order valence-corrected chi connectivity index (χ0v) is 16.0. The summed E-state index contributed by atoms with van der Waals surface area (Å²) in [6.45, 7) is 5.92. The van der Waals surface area contributed by atoms with Crippen molar-refractivity contribution in [3.63, 3.8) is 0 Å². The Hall–Kier alpha value is -1.97. The molecule has 0 saturated carbocycles. The summed E-state index contributed by atoms with van der Waals surface area (Å²) in [6, 6.07) is 19.4. The van der Waals surface area contributed by atoms with E-state index in [1.165, 1.54) is 24.0 Å². The monoisotopic (exact) mass is 350 g/mol. The fourth-order valence-corrected chi connectivity index (χ4v) is 3.81. The molecule has 0 spiro atoms. The Morgan fingerprint density at radius 2 is 1.88 bits per heavy atom. The molecule has 1 unspecified atom stereocenters. The Morgan fingerprint density at radius 1 is 1.12 bits per heavy atom. The first-order valence-electron chi connectivity index (χ1n) is 9.68. The van der Waals surface area contributed by atoms with Crippen molar-refractivity contribution in [1.29, 1.82) is 0 Å². The Bertz CT molecular complexity index is 713. The van der Waals surface area contributed by atoms with Gasteiger partial charge in [-0.2, -0.15) is 0 Å². The molecule has 1 fully saturated rings. The fraction of sp³-hybridized carbons (Fsp3) is 0.435. The Morgan fingerprint density at radius 3 is 2.65 bits per heavy atom. The highest BCUT2D eigenvalue weighted by atomic mass is 16.1. The lowest BCUT2D eigenvalue weighted by Gasteiger charge is -2.37. The number of ketones is 1. The van der Waals surface area contributed by atoms with Crippen molar-refractivity contribution in [2.24, 2.45) is 0 Å². The minimum atomic E-state index is 0.143. The van der Waals surface area contributed by atoms with E-state index in [1.54, 1.807) is 6.92 Å². The molecule has 2 aromatic carbocycles. The minimum absolute atomic E-state index is 0.143. The number of piperidine rings is 1. The summed E-state index contributed by atoms with van der Waals surface area (Å²) in [5, 5.41) is 0. The summed E-state index contributed by atoms with van der Waals surface area (Å²) >= 11 is 0. The largest absolute Gasteiger partial charge is 0.302 e. The van der Waals surface area contributed by atoms with Crippen LogP contribution in [0, 0.1) is 0 Å². The molecule has 1 atom stereocenters. The summed E-state index contributed by atoms with van der Waals surface area (Å²) in [4.78, 5) is 16.7. The lowest BCUT2D eigenvalue weighted by Crippen LogP contribution is -2.46. The highest BCUT2D eigenvalue weighted by molar-refractivity contribution is 5.94. The van der Waals surface area contributed by atoms with Crippen LogP contribution in [0.2, 0.25) is 0 Å². The number of rotatable bonds is 7. The third-order valence-corrected chi connectivity index (χ3v) is 5.44. The third-order valence-electron chi connectivity index (χ3n) is 5.44. The summed E-state index contributed by atoms with van der Waals surface area (Å²) in [6.07, 6.45) is 3.62. The number of benzene rings is 2. The van der Waals surface area contributed by atoms with Crippen LogP contribution in [0.4, 0.5) is 0 Å². The molecule has 0 aliphatic carbocycles. The van der Waals surface area contributed by atoms with Gasteiger partial charge in [0.2, 0.25) is 0 Å². The topological polar surface area (TPSA) is 23.6 Å². The smallest absolute Gasteiger partial charge is 0.159 e. The quantitative estimate of drug-likeness (QED) is 0.705. The zero-order valence-electron chi connectivity index (χ0n) is 16.0. The maximum Gasteiger partial charge on any atom is 0.159 e. The van der Waals surface area contributed by atoms with Gasteiger partial charge >= 0.3 is 0 Å². The molecule has 0 radical (unpaired) electrons. The normalized spacial score (nSPS) is 18.2. The van der Waals surface area contributed by atoms with Crippen LogP contribution < -0.4 is 0 Å². The van der Waals surface area contributed by atoms with Crippen LogP contribution >= 0.6 is 0 Å². The number of carbonyl (C=O) groups excluding carboxylic acids is 1. The number of carbonyl (C=O) groups is 1. The minimum Gasteiger partial charge on any atom is -0.302 e. The molecule has 1 heterocycles. The van der Waals surface area contributed by atoms with E-state index in [0.717, 1.165) is 38.2 Å². The highest BCUT2D eigenvalue weighted by Gasteiger charge is 2.23. The Balaban J connectivity index is 1.53. The van der Waals surface area contributed by atoms with E-state index in [1.807, 2.05) is 18.2 Å². The molecule has 1 saturated heterocycles. The lowest BCUT2D eigenvalue weighted by molar-refractivity contribution is 0.101. The summed E-state index contributed by atoms with van der Waals surface area (Å²) in [5.74, 6) is 0.143. The van der Waals surface area contributed by atoms with Crippen molar-refractivity contribution in [3.05, 3.63) is 71.3 Å². The van der Waals surface area contributed by atoms with Gasteiger partial charge in [0.15, 0.2) is 5.78 Å². The second-order valence-electron chi connectivity index (χ2n) is 7.50. The second kappa shape index (κ2) is 9.11. The molecule has 138 valence electrons. The molecule has 26 heavy (non-hydrogen) atoms. The van der Waals surface area contributed by atoms with Crippen LogP contribution in [-0.2, 0) is 13.0 Å². The average Bonchev–Trinajstić information content (AvgIpc) is 2.67. The first-order chi connectivity index (χ1) is 12.6. The van der Waals surface area contributed by atoms with Gasteiger partial charge < -0.3 is 4.90 Å². The number of Topliss-reactive ketones (excluding diaryl/α,β-unsaturated/α-hetero) is 1. The van der Waals surface area contributed by atoms with Gasteiger partial charge in [0, 0.05) is 31.2 Å².